The molecule has 2 rings (SSSR count). The molecule has 7 heteroatoms. The third-order valence-electron chi connectivity index (χ3n) is 3.50. The molecular formula is C12H22N2O3S2. The highest BCUT2D eigenvalue weighted by Gasteiger charge is 2.32. The maximum Gasteiger partial charge on any atom is 0.224 e. The Morgan fingerprint density at radius 1 is 1.47 bits per heavy atom. The SMILES string of the molecule is CC1(C)CN(C(=O)CC2CS(=O)(=O)CCN2)CCS1. The third-order valence-corrected chi connectivity index (χ3v) is 6.53. The van der Waals surface area contributed by atoms with Gasteiger partial charge in [-0.1, -0.05) is 0 Å². The van der Waals surface area contributed by atoms with E-state index in [1.807, 2.05) is 16.7 Å². The zero-order valence-electron chi connectivity index (χ0n) is 11.5. The summed E-state index contributed by atoms with van der Waals surface area (Å²) in [6.45, 7) is 6.25. The molecule has 0 spiro atoms. The van der Waals surface area contributed by atoms with Gasteiger partial charge in [0.25, 0.3) is 0 Å². The van der Waals surface area contributed by atoms with Crippen molar-refractivity contribution in [3.05, 3.63) is 0 Å². The molecule has 19 heavy (non-hydrogen) atoms. The summed E-state index contributed by atoms with van der Waals surface area (Å²) in [5, 5.41) is 3.13. The van der Waals surface area contributed by atoms with Gasteiger partial charge in [-0.05, 0) is 13.8 Å². The van der Waals surface area contributed by atoms with E-state index in [1.165, 1.54) is 0 Å². The summed E-state index contributed by atoms with van der Waals surface area (Å²) in [5.74, 6) is 1.30. The summed E-state index contributed by atoms with van der Waals surface area (Å²) in [6.07, 6.45) is 0.292. The predicted molar refractivity (Wildman–Crippen MR) is 78.2 cm³/mol. The minimum Gasteiger partial charge on any atom is -0.340 e. The van der Waals surface area contributed by atoms with Crippen LogP contribution in [0.15, 0.2) is 0 Å². The highest BCUT2D eigenvalue weighted by Crippen LogP contribution is 2.29. The first kappa shape index (κ1) is 15.1. The van der Waals surface area contributed by atoms with Gasteiger partial charge in [-0.15, -0.1) is 0 Å². The van der Waals surface area contributed by atoms with Crippen LogP contribution < -0.4 is 5.32 Å². The standard InChI is InChI=1S/C12H22N2O3S2/c1-12(2)9-14(4-5-18-12)11(15)7-10-8-19(16,17)6-3-13-10/h10,13H,3-9H2,1-2H3. The molecule has 1 atom stereocenters. The number of nitrogens with one attached hydrogen (secondary N) is 1. The molecule has 0 saturated carbocycles. The Hall–Kier alpha value is -0.270. The Labute approximate surface area is 119 Å². The van der Waals surface area contributed by atoms with Crippen LogP contribution >= 0.6 is 11.8 Å². The van der Waals surface area contributed by atoms with Crippen LogP contribution in [0.1, 0.15) is 20.3 Å². The summed E-state index contributed by atoms with van der Waals surface area (Å²) in [6, 6.07) is -0.219. The molecular weight excluding hydrogens is 284 g/mol. The van der Waals surface area contributed by atoms with Crippen LogP contribution in [-0.4, -0.2) is 66.9 Å². The lowest BCUT2D eigenvalue weighted by molar-refractivity contribution is -0.131. The van der Waals surface area contributed by atoms with Gasteiger partial charge >= 0.3 is 0 Å². The van der Waals surface area contributed by atoms with Gasteiger partial charge in [0.15, 0.2) is 9.84 Å². The first-order valence-corrected chi connectivity index (χ1v) is 9.44. The number of hydrogen-bond acceptors (Lipinski definition) is 5. The minimum atomic E-state index is -2.97. The smallest absolute Gasteiger partial charge is 0.224 e. The summed E-state index contributed by atoms with van der Waals surface area (Å²) in [7, 11) is -2.97. The molecule has 1 N–H and O–H groups in total. The number of carbonyl (C=O) groups excluding carboxylic acids is 1. The van der Waals surface area contributed by atoms with Crippen LogP contribution in [0.25, 0.3) is 0 Å². The highest BCUT2D eigenvalue weighted by atomic mass is 32.2. The molecule has 2 saturated heterocycles. The van der Waals surface area contributed by atoms with Crippen molar-refractivity contribution in [3.8, 4) is 0 Å². The lowest BCUT2D eigenvalue weighted by Gasteiger charge is -2.38. The Balaban J connectivity index is 1.90. The van der Waals surface area contributed by atoms with E-state index in [1.54, 1.807) is 0 Å². The zero-order valence-corrected chi connectivity index (χ0v) is 13.1. The van der Waals surface area contributed by atoms with Crippen molar-refractivity contribution in [2.75, 3.05) is 36.9 Å². The second-order valence-electron chi connectivity index (χ2n) is 5.89. The second kappa shape index (κ2) is 5.61. The van der Waals surface area contributed by atoms with Gasteiger partial charge in [-0.2, -0.15) is 11.8 Å². The quantitative estimate of drug-likeness (QED) is 0.785. The fourth-order valence-corrected chi connectivity index (χ4v) is 5.12. The molecule has 0 bridgehead atoms. The Morgan fingerprint density at radius 2 is 2.21 bits per heavy atom. The first-order valence-electron chi connectivity index (χ1n) is 6.63. The summed E-state index contributed by atoms with van der Waals surface area (Å²) in [5.41, 5.74) is 0. The lowest BCUT2D eigenvalue weighted by Crippen LogP contribution is -2.51. The first-order chi connectivity index (χ1) is 8.77. The number of rotatable bonds is 2. The fraction of sp³-hybridized carbons (Fsp3) is 0.917. The lowest BCUT2D eigenvalue weighted by atomic mass is 10.1. The average Bonchev–Trinajstić information content (AvgIpc) is 2.26. The average molecular weight is 306 g/mol. The van der Waals surface area contributed by atoms with Gasteiger partial charge in [0.05, 0.1) is 11.5 Å². The van der Waals surface area contributed by atoms with Gasteiger partial charge in [0, 0.05) is 42.6 Å². The molecule has 110 valence electrons. The molecule has 2 heterocycles. The number of thioether (sulfide) groups is 1. The number of hydrogen-bond donors (Lipinski definition) is 1. The summed E-state index contributed by atoms with van der Waals surface area (Å²) >= 11 is 1.88. The summed E-state index contributed by atoms with van der Waals surface area (Å²) in [4.78, 5) is 14.1. The van der Waals surface area contributed by atoms with Gasteiger partial charge in [-0.25, -0.2) is 8.42 Å². The maximum atomic E-state index is 12.2. The highest BCUT2D eigenvalue weighted by molar-refractivity contribution is 8.00. The molecule has 0 aromatic heterocycles. The maximum absolute atomic E-state index is 12.2. The van der Waals surface area contributed by atoms with E-state index in [0.717, 1.165) is 18.8 Å². The van der Waals surface area contributed by atoms with Crippen molar-refractivity contribution < 1.29 is 13.2 Å². The third kappa shape index (κ3) is 4.36. The van der Waals surface area contributed by atoms with Gasteiger partial charge < -0.3 is 10.2 Å². The van der Waals surface area contributed by atoms with Crippen molar-refractivity contribution in [3.63, 3.8) is 0 Å². The van der Waals surface area contributed by atoms with E-state index < -0.39 is 9.84 Å². The van der Waals surface area contributed by atoms with E-state index in [-0.39, 0.29) is 28.2 Å². The van der Waals surface area contributed by atoms with Crippen LogP contribution in [0.2, 0.25) is 0 Å². The van der Waals surface area contributed by atoms with Crippen LogP contribution in [-0.2, 0) is 14.6 Å². The molecule has 2 aliphatic heterocycles. The normalized spacial score (nSPS) is 30.0. The molecule has 5 nitrogen and oxygen atoms in total. The fourth-order valence-electron chi connectivity index (χ4n) is 2.57. The molecule has 1 amide bonds. The number of amides is 1. The number of nitrogens with zero attached hydrogens (tertiary/aromatic N) is 1. The molecule has 0 radical (unpaired) electrons. The molecule has 0 aromatic rings. The predicted octanol–water partition coefficient (Wildman–Crippen LogP) is 0.117. The molecule has 0 aromatic carbocycles. The van der Waals surface area contributed by atoms with E-state index in [4.69, 9.17) is 0 Å². The minimum absolute atomic E-state index is 0.0722. The Kier molecular flexibility index (Phi) is 4.47. The van der Waals surface area contributed by atoms with Crippen LogP contribution in [0, 0.1) is 0 Å². The molecule has 2 fully saturated rings. The number of carbonyl (C=O) groups is 1. The van der Waals surface area contributed by atoms with Crippen molar-refractivity contribution >= 4 is 27.5 Å². The van der Waals surface area contributed by atoms with Crippen molar-refractivity contribution in [1.29, 1.82) is 0 Å². The van der Waals surface area contributed by atoms with Crippen LogP contribution in [0.5, 0.6) is 0 Å². The van der Waals surface area contributed by atoms with E-state index in [2.05, 4.69) is 19.2 Å². The van der Waals surface area contributed by atoms with E-state index >= 15 is 0 Å². The van der Waals surface area contributed by atoms with Crippen molar-refractivity contribution in [2.24, 2.45) is 0 Å². The molecule has 0 aliphatic carbocycles. The number of sulfone groups is 1. The van der Waals surface area contributed by atoms with Gasteiger partial charge in [0.1, 0.15) is 0 Å². The second-order valence-corrected chi connectivity index (χ2v) is 9.92. The van der Waals surface area contributed by atoms with Crippen molar-refractivity contribution in [1.82, 2.24) is 10.2 Å². The Bertz CT molecular complexity index is 448. The van der Waals surface area contributed by atoms with E-state index in [9.17, 15) is 13.2 Å². The van der Waals surface area contributed by atoms with Crippen LogP contribution in [0.3, 0.4) is 0 Å². The molecule has 1 unspecified atom stereocenters. The van der Waals surface area contributed by atoms with Crippen molar-refractivity contribution in [2.45, 2.75) is 31.1 Å². The zero-order chi connectivity index (χ0) is 14.1. The van der Waals surface area contributed by atoms with Gasteiger partial charge in [0.2, 0.25) is 5.91 Å². The molecule has 2 aliphatic rings. The summed E-state index contributed by atoms with van der Waals surface area (Å²) < 4.78 is 23.2. The van der Waals surface area contributed by atoms with Gasteiger partial charge in [-0.3, -0.25) is 4.79 Å². The van der Waals surface area contributed by atoms with E-state index in [0.29, 0.717) is 13.0 Å². The monoisotopic (exact) mass is 306 g/mol. The van der Waals surface area contributed by atoms with Crippen LogP contribution in [0.4, 0.5) is 0 Å². The largest absolute Gasteiger partial charge is 0.340 e. The Morgan fingerprint density at radius 3 is 2.84 bits per heavy atom. The topological polar surface area (TPSA) is 66.5 Å².